The van der Waals surface area contributed by atoms with Gasteiger partial charge in [-0.2, -0.15) is 0 Å². The van der Waals surface area contributed by atoms with E-state index in [1.165, 1.54) is 0 Å². The Kier molecular flexibility index (Phi) is 4.47. The maximum absolute atomic E-state index is 11.3. The molecule has 142 valence electrons. The smallest absolute Gasteiger partial charge is 0.307 e. The summed E-state index contributed by atoms with van der Waals surface area (Å²) in [5, 5.41) is 27.9. The number of aliphatic hydroxyl groups is 1. The first kappa shape index (κ1) is 17.7. The topological polar surface area (TPSA) is 92.7 Å². The number of hydrogen-bond donors (Lipinski definition) is 2. The Labute approximate surface area is 157 Å². The summed E-state index contributed by atoms with van der Waals surface area (Å²) < 4.78 is 3.96. The molecule has 7 heteroatoms. The van der Waals surface area contributed by atoms with Gasteiger partial charge in [-0.3, -0.25) is 4.79 Å². The van der Waals surface area contributed by atoms with Crippen LogP contribution in [0.3, 0.4) is 0 Å². The second-order valence-corrected chi connectivity index (χ2v) is 7.64. The fourth-order valence-corrected chi connectivity index (χ4v) is 4.07. The van der Waals surface area contributed by atoms with Gasteiger partial charge in [-0.05, 0) is 42.0 Å². The number of carboxylic acids is 1. The van der Waals surface area contributed by atoms with Crippen LogP contribution in [-0.4, -0.2) is 35.6 Å². The zero-order valence-corrected chi connectivity index (χ0v) is 15.5. The Hall–Kier alpha value is -2.67. The lowest BCUT2D eigenvalue weighted by Gasteiger charge is -2.23. The van der Waals surface area contributed by atoms with Gasteiger partial charge in [-0.25, -0.2) is 4.68 Å². The van der Waals surface area contributed by atoms with E-state index in [0.29, 0.717) is 5.69 Å². The third kappa shape index (κ3) is 3.12. The van der Waals surface area contributed by atoms with Crippen LogP contribution in [0.1, 0.15) is 54.9 Å². The maximum Gasteiger partial charge on any atom is 0.307 e. The number of carbonyl (C=O) groups is 1. The molecule has 0 radical (unpaired) electrons. The largest absolute Gasteiger partial charge is 0.481 e. The molecule has 1 aliphatic carbocycles. The summed E-state index contributed by atoms with van der Waals surface area (Å²) in [4.78, 5) is 11.3. The number of hydrogen-bond acceptors (Lipinski definition) is 4. The molecule has 2 unspecified atom stereocenters. The van der Waals surface area contributed by atoms with Crippen molar-refractivity contribution in [3.8, 4) is 0 Å². The van der Waals surface area contributed by atoms with Crippen LogP contribution in [0.15, 0.2) is 30.6 Å². The van der Waals surface area contributed by atoms with Gasteiger partial charge in [-0.1, -0.05) is 25.1 Å². The van der Waals surface area contributed by atoms with Crippen LogP contribution in [0.5, 0.6) is 0 Å². The number of pyridine rings is 1. The molecule has 0 saturated heterocycles. The second kappa shape index (κ2) is 6.81. The van der Waals surface area contributed by atoms with Crippen LogP contribution in [0.2, 0.25) is 0 Å². The molecule has 0 fully saturated rings. The Balaban J connectivity index is 1.68. The standard InChI is InChI=1S/C20H24N4O3/c1-12(2)20(27)16-11-24(22-21-16)13-6-7-14-15(10-19(25)26)17-5-3-4-8-23(17)18(14)9-13/h3-5,8,11-13,20,27H,6-7,9-10H2,1-2H3,(H,25,26). The van der Waals surface area contributed by atoms with Crippen LogP contribution in [0.4, 0.5) is 0 Å². The predicted octanol–water partition coefficient (Wildman–Crippen LogP) is 2.58. The molecule has 7 nitrogen and oxygen atoms in total. The summed E-state index contributed by atoms with van der Waals surface area (Å²) in [6, 6.07) is 6.04. The molecule has 0 bridgehead atoms. The minimum absolute atomic E-state index is 0.0432. The normalized spacial score (nSPS) is 18.0. The molecule has 3 heterocycles. The summed E-state index contributed by atoms with van der Waals surface area (Å²) in [7, 11) is 0. The van der Waals surface area contributed by atoms with Crippen molar-refractivity contribution in [1.82, 2.24) is 19.4 Å². The molecule has 27 heavy (non-hydrogen) atoms. The molecule has 0 saturated carbocycles. The van der Waals surface area contributed by atoms with Crippen molar-refractivity contribution in [2.45, 2.75) is 51.7 Å². The summed E-state index contributed by atoms with van der Waals surface area (Å²) in [5.41, 5.74) is 4.80. The molecular weight excluding hydrogens is 344 g/mol. The molecule has 2 atom stereocenters. The molecular formula is C20H24N4O3. The number of aliphatic hydroxyl groups excluding tert-OH is 1. The number of aliphatic carboxylic acids is 1. The Morgan fingerprint density at radius 1 is 1.37 bits per heavy atom. The van der Waals surface area contributed by atoms with E-state index in [0.717, 1.165) is 41.6 Å². The summed E-state index contributed by atoms with van der Waals surface area (Å²) in [6.07, 6.45) is 5.71. The van der Waals surface area contributed by atoms with Gasteiger partial charge in [0.2, 0.25) is 0 Å². The SMILES string of the molecule is CC(C)C(O)c1cn(C2CCc3c(CC(=O)O)c4ccccn4c3C2)nn1. The van der Waals surface area contributed by atoms with Gasteiger partial charge in [0.15, 0.2) is 0 Å². The van der Waals surface area contributed by atoms with Crippen LogP contribution in [0, 0.1) is 5.92 Å². The predicted molar refractivity (Wildman–Crippen MR) is 99.6 cm³/mol. The van der Waals surface area contributed by atoms with Crippen molar-refractivity contribution in [2.75, 3.05) is 0 Å². The van der Waals surface area contributed by atoms with E-state index in [2.05, 4.69) is 14.7 Å². The lowest BCUT2D eigenvalue weighted by Crippen LogP contribution is -2.20. The lowest BCUT2D eigenvalue weighted by molar-refractivity contribution is -0.136. The summed E-state index contributed by atoms with van der Waals surface area (Å²) in [5.74, 6) is -0.721. The van der Waals surface area contributed by atoms with Crippen LogP contribution >= 0.6 is 0 Å². The molecule has 0 aromatic carbocycles. The highest BCUT2D eigenvalue weighted by Gasteiger charge is 2.28. The highest BCUT2D eigenvalue weighted by Crippen LogP contribution is 2.35. The van der Waals surface area contributed by atoms with Gasteiger partial charge in [0.25, 0.3) is 0 Å². The highest BCUT2D eigenvalue weighted by molar-refractivity contribution is 5.76. The molecule has 0 amide bonds. The number of nitrogens with zero attached hydrogens (tertiary/aromatic N) is 4. The van der Waals surface area contributed by atoms with E-state index in [1.807, 2.05) is 49.1 Å². The van der Waals surface area contributed by atoms with E-state index in [-0.39, 0.29) is 18.4 Å². The number of fused-ring (bicyclic) bond motifs is 3. The van der Waals surface area contributed by atoms with Gasteiger partial charge in [0.1, 0.15) is 11.8 Å². The van der Waals surface area contributed by atoms with Crippen molar-refractivity contribution in [1.29, 1.82) is 0 Å². The number of aromatic nitrogens is 4. The van der Waals surface area contributed by atoms with E-state index >= 15 is 0 Å². The van der Waals surface area contributed by atoms with E-state index in [1.54, 1.807) is 0 Å². The zero-order valence-electron chi connectivity index (χ0n) is 15.5. The van der Waals surface area contributed by atoms with Gasteiger partial charge in [-0.15, -0.1) is 5.10 Å². The monoisotopic (exact) mass is 368 g/mol. The molecule has 0 spiro atoms. The fraction of sp³-hybridized carbons (Fsp3) is 0.450. The van der Waals surface area contributed by atoms with Gasteiger partial charge >= 0.3 is 5.97 Å². The van der Waals surface area contributed by atoms with Crippen molar-refractivity contribution < 1.29 is 15.0 Å². The van der Waals surface area contributed by atoms with Crippen molar-refractivity contribution in [3.05, 3.63) is 53.1 Å². The van der Waals surface area contributed by atoms with Crippen molar-refractivity contribution >= 4 is 11.5 Å². The third-order valence-corrected chi connectivity index (χ3v) is 5.49. The van der Waals surface area contributed by atoms with E-state index in [9.17, 15) is 15.0 Å². The van der Waals surface area contributed by atoms with Crippen molar-refractivity contribution in [2.24, 2.45) is 5.92 Å². The summed E-state index contributed by atoms with van der Waals surface area (Å²) >= 11 is 0. The van der Waals surface area contributed by atoms with E-state index < -0.39 is 12.1 Å². The van der Waals surface area contributed by atoms with Gasteiger partial charge in [0.05, 0.1) is 18.7 Å². The van der Waals surface area contributed by atoms with Gasteiger partial charge < -0.3 is 14.6 Å². The Morgan fingerprint density at radius 3 is 2.93 bits per heavy atom. The first-order valence-electron chi connectivity index (χ1n) is 9.37. The minimum atomic E-state index is -0.806. The third-order valence-electron chi connectivity index (χ3n) is 5.49. The number of rotatable bonds is 5. The molecule has 0 aliphatic heterocycles. The fourth-order valence-electron chi connectivity index (χ4n) is 4.07. The van der Waals surface area contributed by atoms with E-state index in [4.69, 9.17) is 0 Å². The first-order chi connectivity index (χ1) is 13.0. The van der Waals surface area contributed by atoms with Crippen LogP contribution in [-0.2, 0) is 24.1 Å². The molecule has 3 aromatic heterocycles. The molecule has 3 aromatic rings. The maximum atomic E-state index is 11.3. The summed E-state index contributed by atoms with van der Waals surface area (Å²) in [6.45, 7) is 3.90. The quantitative estimate of drug-likeness (QED) is 0.722. The first-order valence-corrected chi connectivity index (χ1v) is 9.37. The second-order valence-electron chi connectivity index (χ2n) is 7.64. The van der Waals surface area contributed by atoms with Crippen LogP contribution < -0.4 is 0 Å². The molecule has 2 N–H and O–H groups in total. The zero-order chi connectivity index (χ0) is 19.1. The molecule has 4 rings (SSSR count). The Morgan fingerprint density at radius 2 is 2.19 bits per heavy atom. The molecule has 1 aliphatic rings. The Bertz CT molecular complexity index is 988. The van der Waals surface area contributed by atoms with Crippen molar-refractivity contribution in [3.63, 3.8) is 0 Å². The average Bonchev–Trinajstić information content (AvgIpc) is 3.25. The average molecular weight is 368 g/mol. The van der Waals surface area contributed by atoms with Crippen LogP contribution in [0.25, 0.3) is 5.52 Å². The minimum Gasteiger partial charge on any atom is -0.481 e. The van der Waals surface area contributed by atoms with Gasteiger partial charge in [0, 0.05) is 23.8 Å². The number of carboxylic acid groups (broad SMARTS) is 1. The highest BCUT2D eigenvalue weighted by atomic mass is 16.4. The lowest BCUT2D eigenvalue weighted by atomic mass is 9.90.